The molecule has 0 heterocycles. The predicted molar refractivity (Wildman–Crippen MR) is 56.5 cm³/mol. The second-order valence-electron chi connectivity index (χ2n) is 2.60. The number of aliphatic carboxylic acids is 1. The van der Waals surface area contributed by atoms with Crippen LogP contribution in [-0.4, -0.2) is 21.3 Å². The number of benzene rings is 1. The molecular weight excluding hydrogens is 320 g/mol. The van der Waals surface area contributed by atoms with Crippen molar-refractivity contribution in [2.45, 2.75) is 6.42 Å². The maximum Gasteiger partial charge on any atom is 0.307 e. The van der Waals surface area contributed by atoms with Crippen LogP contribution in [0.25, 0.3) is 0 Å². The van der Waals surface area contributed by atoms with E-state index in [9.17, 15) is 15.0 Å². The second-order valence-corrected chi connectivity index (χ2v) is 4.19. The number of hydrogen-bond acceptors (Lipinski definition) is 3. The van der Waals surface area contributed by atoms with Crippen LogP contribution in [0.3, 0.4) is 0 Å². The van der Waals surface area contributed by atoms with Gasteiger partial charge in [-0.05, 0) is 43.5 Å². The van der Waals surface area contributed by atoms with E-state index in [1.807, 2.05) is 0 Å². The van der Waals surface area contributed by atoms with Gasteiger partial charge in [0.2, 0.25) is 0 Å². The molecule has 0 atom stereocenters. The number of hydrogen-bond donors (Lipinski definition) is 3. The predicted octanol–water partition coefficient (Wildman–Crippen LogP) is 2.25. The first kappa shape index (κ1) is 11.3. The van der Waals surface area contributed by atoms with Crippen molar-refractivity contribution >= 4 is 37.8 Å². The Morgan fingerprint density at radius 2 is 1.86 bits per heavy atom. The maximum absolute atomic E-state index is 10.4. The molecular formula is C8H6Br2O4. The number of carboxylic acids is 1. The molecule has 0 amide bonds. The molecule has 1 aromatic carbocycles. The van der Waals surface area contributed by atoms with Gasteiger partial charge in [0, 0.05) is 4.47 Å². The van der Waals surface area contributed by atoms with Crippen molar-refractivity contribution in [1.29, 1.82) is 0 Å². The number of phenolic OH excluding ortho intramolecular Hbond substituents is 2. The molecule has 0 fully saturated rings. The maximum atomic E-state index is 10.4. The molecule has 0 unspecified atom stereocenters. The first-order chi connectivity index (χ1) is 6.43. The summed E-state index contributed by atoms with van der Waals surface area (Å²) in [5, 5.41) is 27.1. The fourth-order valence-corrected chi connectivity index (χ4v) is 1.85. The Kier molecular flexibility index (Phi) is 3.38. The third kappa shape index (κ3) is 2.19. The number of carbonyl (C=O) groups is 1. The molecule has 0 saturated carbocycles. The molecule has 14 heavy (non-hydrogen) atoms. The van der Waals surface area contributed by atoms with Gasteiger partial charge < -0.3 is 15.3 Å². The highest BCUT2D eigenvalue weighted by Gasteiger charge is 2.15. The summed E-state index contributed by atoms with van der Waals surface area (Å²) in [5.41, 5.74) is 0.389. The quantitative estimate of drug-likeness (QED) is 0.729. The lowest BCUT2D eigenvalue weighted by molar-refractivity contribution is -0.136. The van der Waals surface area contributed by atoms with Crippen molar-refractivity contribution in [2.75, 3.05) is 0 Å². The molecule has 0 aliphatic heterocycles. The zero-order valence-electron chi connectivity index (χ0n) is 6.79. The van der Waals surface area contributed by atoms with Crippen molar-refractivity contribution < 1.29 is 20.1 Å². The average Bonchev–Trinajstić information content (AvgIpc) is 2.10. The van der Waals surface area contributed by atoms with Gasteiger partial charge >= 0.3 is 5.97 Å². The topological polar surface area (TPSA) is 77.8 Å². The van der Waals surface area contributed by atoms with E-state index >= 15 is 0 Å². The van der Waals surface area contributed by atoms with Crippen LogP contribution in [0.15, 0.2) is 15.0 Å². The van der Waals surface area contributed by atoms with E-state index in [1.165, 1.54) is 6.07 Å². The Labute approximate surface area is 96.4 Å². The fourth-order valence-electron chi connectivity index (χ4n) is 0.946. The van der Waals surface area contributed by atoms with E-state index in [0.717, 1.165) is 0 Å². The van der Waals surface area contributed by atoms with Crippen LogP contribution in [0.2, 0.25) is 0 Å². The number of halogens is 2. The van der Waals surface area contributed by atoms with Crippen LogP contribution in [0.5, 0.6) is 11.5 Å². The lowest BCUT2D eigenvalue weighted by atomic mass is 10.1. The highest BCUT2D eigenvalue weighted by Crippen LogP contribution is 2.41. The number of aromatic hydroxyl groups is 2. The second kappa shape index (κ2) is 4.18. The Morgan fingerprint density at radius 1 is 1.29 bits per heavy atom. The zero-order valence-corrected chi connectivity index (χ0v) is 9.96. The molecule has 0 bridgehead atoms. The van der Waals surface area contributed by atoms with Crippen LogP contribution >= 0.6 is 31.9 Å². The van der Waals surface area contributed by atoms with E-state index in [-0.39, 0.29) is 22.4 Å². The summed E-state index contributed by atoms with van der Waals surface area (Å²) in [6.07, 6.45) is -0.229. The third-order valence-corrected chi connectivity index (χ3v) is 3.79. The number of carboxylic acid groups (broad SMARTS) is 1. The van der Waals surface area contributed by atoms with Crippen molar-refractivity contribution in [2.24, 2.45) is 0 Å². The van der Waals surface area contributed by atoms with Crippen molar-refractivity contribution in [3.05, 3.63) is 20.6 Å². The lowest BCUT2D eigenvalue weighted by Gasteiger charge is -2.07. The molecule has 0 spiro atoms. The molecule has 0 aromatic heterocycles. The van der Waals surface area contributed by atoms with E-state index in [2.05, 4.69) is 31.9 Å². The summed E-state index contributed by atoms with van der Waals surface area (Å²) in [6, 6.07) is 1.21. The third-order valence-electron chi connectivity index (χ3n) is 1.58. The van der Waals surface area contributed by atoms with Crippen molar-refractivity contribution in [1.82, 2.24) is 0 Å². The van der Waals surface area contributed by atoms with Crippen LogP contribution in [0, 0.1) is 0 Å². The first-order valence-electron chi connectivity index (χ1n) is 3.54. The summed E-state index contributed by atoms with van der Waals surface area (Å²) in [5.74, 6) is -1.68. The summed E-state index contributed by atoms with van der Waals surface area (Å²) in [4.78, 5) is 10.4. The number of phenols is 2. The van der Waals surface area contributed by atoms with Crippen LogP contribution < -0.4 is 0 Å². The number of rotatable bonds is 2. The van der Waals surface area contributed by atoms with Gasteiger partial charge in [-0.25, -0.2) is 0 Å². The normalized spacial score (nSPS) is 10.1. The van der Waals surface area contributed by atoms with Crippen LogP contribution in [0.4, 0.5) is 0 Å². The van der Waals surface area contributed by atoms with Gasteiger partial charge in [0.25, 0.3) is 0 Å². The molecule has 0 aliphatic rings. The summed E-state index contributed by atoms with van der Waals surface area (Å²) in [6.45, 7) is 0. The monoisotopic (exact) mass is 324 g/mol. The summed E-state index contributed by atoms with van der Waals surface area (Å²) in [7, 11) is 0. The fraction of sp³-hybridized carbons (Fsp3) is 0.125. The minimum atomic E-state index is -1.01. The van der Waals surface area contributed by atoms with E-state index < -0.39 is 5.97 Å². The van der Waals surface area contributed by atoms with E-state index in [4.69, 9.17) is 5.11 Å². The lowest BCUT2D eigenvalue weighted by Crippen LogP contribution is -2.01. The molecule has 6 heteroatoms. The van der Waals surface area contributed by atoms with E-state index in [0.29, 0.717) is 10.0 Å². The van der Waals surface area contributed by atoms with Gasteiger partial charge in [-0.3, -0.25) is 4.79 Å². The molecule has 0 saturated heterocycles. The van der Waals surface area contributed by atoms with E-state index in [1.54, 1.807) is 0 Å². The van der Waals surface area contributed by atoms with Gasteiger partial charge in [-0.1, -0.05) is 0 Å². The molecule has 4 nitrogen and oxygen atoms in total. The Hall–Kier alpha value is -0.750. The molecule has 3 N–H and O–H groups in total. The van der Waals surface area contributed by atoms with Crippen molar-refractivity contribution in [3.8, 4) is 11.5 Å². The molecule has 0 aliphatic carbocycles. The summed E-state index contributed by atoms with van der Waals surface area (Å²) >= 11 is 6.13. The highest BCUT2D eigenvalue weighted by molar-refractivity contribution is 9.13. The van der Waals surface area contributed by atoms with Gasteiger partial charge in [-0.15, -0.1) is 0 Å². The Balaban J connectivity index is 3.25. The Bertz CT molecular complexity index is 389. The summed E-state index contributed by atoms with van der Waals surface area (Å²) < 4.78 is 0.670. The highest BCUT2D eigenvalue weighted by atomic mass is 79.9. The Morgan fingerprint density at radius 3 is 2.36 bits per heavy atom. The minimum Gasteiger partial charge on any atom is -0.504 e. The zero-order chi connectivity index (χ0) is 10.9. The van der Waals surface area contributed by atoms with Gasteiger partial charge in [0.15, 0.2) is 11.5 Å². The molecule has 0 radical (unpaired) electrons. The SMILES string of the molecule is O=C(O)Cc1cc(O)c(O)c(Br)c1Br. The molecule has 76 valence electrons. The van der Waals surface area contributed by atoms with Crippen molar-refractivity contribution in [3.63, 3.8) is 0 Å². The van der Waals surface area contributed by atoms with Gasteiger partial charge in [0.1, 0.15) is 0 Å². The smallest absolute Gasteiger partial charge is 0.307 e. The van der Waals surface area contributed by atoms with Gasteiger partial charge in [-0.2, -0.15) is 0 Å². The molecule has 1 rings (SSSR count). The first-order valence-corrected chi connectivity index (χ1v) is 5.12. The average molecular weight is 326 g/mol. The molecule has 1 aromatic rings. The standard InChI is InChI=1S/C8H6Br2O4/c9-6-3(2-5(12)13)1-4(11)8(14)7(6)10/h1,11,14H,2H2,(H,12,13). The largest absolute Gasteiger partial charge is 0.504 e. The van der Waals surface area contributed by atoms with Crippen LogP contribution in [0.1, 0.15) is 5.56 Å². The van der Waals surface area contributed by atoms with Gasteiger partial charge in [0.05, 0.1) is 10.9 Å². The minimum absolute atomic E-state index is 0.229. The van der Waals surface area contributed by atoms with Crippen LogP contribution in [-0.2, 0) is 11.2 Å².